The first kappa shape index (κ1) is 24.3. The minimum atomic E-state index is -0.570. The Morgan fingerprint density at radius 1 is 1.24 bits per heavy atom. The van der Waals surface area contributed by atoms with Gasteiger partial charge < -0.3 is 20.3 Å². The Hall–Kier alpha value is -2.81. The molecule has 6 atom stereocenters. The van der Waals surface area contributed by atoms with Crippen LogP contribution >= 0.6 is 0 Å². The van der Waals surface area contributed by atoms with Gasteiger partial charge in [0.15, 0.2) is 0 Å². The van der Waals surface area contributed by atoms with Gasteiger partial charge in [-0.2, -0.15) is 0 Å². The van der Waals surface area contributed by atoms with E-state index in [1.807, 2.05) is 44.2 Å². The molecular weight excluding hydrogens is 424 g/mol. The molecule has 1 fully saturated rings. The van der Waals surface area contributed by atoms with Crippen molar-refractivity contribution < 1.29 is 14.9 Å². The largest absolute Gasteiger partial charge is 0.489 e. The van der Waals surface area contributed by atoms with Crippen LogP contribution in [0, 0.1) is 23.7 Å². The first-order valence-corrected chi connectivity index (χ1v) is 12.5. The number of fused-ring (bicyclic) bond motifs is 3. The molecule has 1 aliphatic heterocycles. The SMILES string of the molecule is CC#CC[C@@H](C)[C@H](O)/C=C/[C@@H]1[C@H]2c3cccc(CCCCNc4ccccn4)c3O[C@H]2C[C@H]1O. The number of unbranched alkanes of at least 4 members (excludes halogenated alkanes) is 1. The Bertz CT molecular complexity index is 1030. The summed E-state index contributed by atoms with van der Waals surface area (Å²) in [5, 5.41) is 24.6. The molecule has 0 radical (unpaired) electrons. The van der Waals surface area contributed by atoms with E-state index in [0.29, 0.717) is 12.8 Å². The molecule has 2 aromatic rings. The number of aromatic nitrogens is 1. The molecule has 2 heterocycles. The number of para-hydroxylation sites is 1. The number of hydrogen-bond donors (Lipinski definition) is 3. The van der Waals surface area contributed by atoms with Crippen LogP contribution in [0.25, 0.3) is 0 Å². The van der Waals surface area contributed by atoms with Gasteiger partial charge in [0.05, 0.1) is 12.2 Å². The van der Waals surface area contributed by atoms with Crippen LogP contribution in [0.1, 0.15) is 56.6 Å². The second-order valence-electron chi connectivity index (χ2n) is 9.48. The molecule has 1 aromatic heterocycles. The van der Waals surface area contributed by atoms with Gasteiger partial charge in [-0.05, 0) is 49.8 Å². The highest BCUT2D eigenvalue weighted by atomic mass is 16.5. The summed E-state index contributed by atoms with van der Waals surface area (Å²) in [5.74, 6) is 7.97. The third-order valence-corrected chi connectivity index (χ3v) is 7.05. The topological polar surface area (TPSA) is 74.6 Å². The number of benzene rings is 1. The highest BCUT2D eigenvalue weighted by Gasteiger charge is 2.48. The van der Waals surface area contributed by atoms with E-state index < -0.39 is 12.2 Å². The number of rotatable bonds is 10. The van der Waals surface area contributed by atoms with Crippen LogP contribution in [0.4, 0.5) is 5.82 Å². The predicted octanol–water partition coefficient (Wildman–Crippen LogP) is 4.71. The molecule has 4 rings (SSSR count). The van der Waals surface area contributed by atoms with Gasteiger partial charge in [0, 0.05) is 43.0 Å². The molecule has 0 bridgehead atoms. The van der Waals surface area contributed by atoms with Crippen molar-refractivity contribution in [3.8, 4) is 17.6 Å². The summed E-state index contributed by atoms with van der Waals surface area (Å²) in [6, 6.07) is 12.3. The Kier molecular flexibility index (Phi) is 8.26. The van der Waals surface area contributed by atoms with E-state index in [-0.39, 0.29) is 23.9 Å². The summed E-state index contributed by atoms with van der Waals surface area (Å²) in [6.07, 6.45) is 8.96. The maximum absolute atomic E-state index is 10.7. The van der Waals surface area contributed by atoms with E-state index in [9.17, 15) is 10.2 Å². The number of hydrogen-bond acceptors (Lipinski definition) is 5. The second kappa shape index (κ2) is 11.6. The quantitative estimate of drug-likeness (QED) is 0.272. The monoisotopic (exact) mass is 460 g/mol. The molecule has 1 aliphatic carbocycles. The van der Waals surface area contributed by atoms with Crippen LogP contribution in [0.2, 0.25) is 0 Å². The van der Waals surface area contributed by atoms with Crippen molar-refractivity contribution in [2.75, 3.05) is 11.9 Å². The molecule has 1 saturated carbocycles. The molecule has 5 nitrogen and oxygen atoms in total. The zero-order chi connectivity index (χ0) is 23.9. The molecular formula is C29H36N2O3. The fraction of sp³-hybridized carbons (Fsp3) is 0.483. The average molecular weight is 461 g/mol. The van der Waals surface area contributed by atoms with Gasteiger partial charge in [-0.1, -0.05) is 43.3 Å². The first-order chi connectivity index (χ1) is 16.6. The van der Waals surface area contributed by atoms with Gasteiger partial charge in [0.25, 0.3) is 0 Å². The normalized spacial score (nSPS) is 24.6. The van der Waals surface area contributed by atoms with Gasteiger partial charge >= 0.3 is 0 Å². The van der Waals surface area contributed by atoms with Crippen LogP contribution < -0.4 is 10.1 Å². The van der Waals surface area contributed by atoms with E-state index in [1.54, 1.807) is 6.20 Å². The molecule has 2 aliphatic rings. The van der Waals surface area contributed by atoms with E-state index in [2.05, 4.69) is 40.3 Å². The van der Waals surface area contributed by atoms with Crippen LogP contribution in [0.5, 0.6) is 5.75 Å². The zero-order valence-corrected chi connectivity index (χ0v) is 20.2. The van der Waals surface area contributed by atoms with Gasteiger partial charge in [-0.3, -0.25) is 0 Å². The summed E-state index contributed by atoms with van der Waals surface area (Å²) >= 11 is 0. The van der Waals surface area contributed by atoms with Gasteiger partial charge in [-0.25, -0.2) is 4.98 Å². The molecule has 1 aromatic carbocycles. The van der Waals surface area contributed by atoms with E-state index >= 15 is 0 Å². The molecule has 0 saturated heterocycles. The summed E-state index contributed by atoms with van der Waals surface area (Å²) in [7, 11) is 0. The fourth-order valence-electron chi connectivity index (χ4n) is 5.10. The third-order valence-electron chi connectivity index (χ3n) is 7.05. The van der Waals surface area contributed by atoms with Crippen LogP contribution in [0.3, 0.4) is 0 Å². The predicted molar refractivity (Wildman–Crippen MR) is 136 cm³/mol. The highest BCUT2D eigenvalue weighted by Crippen LogP contribution is 2.52. The number of aryl methyl sites for hydroxylation is 1. The Labute approximate surface area is 203 Å². The van der Waals surface area contributed by atoms with Gasteiger partial charge in [0.2, 0.25) is 0 Å². The van der Waals surface area contributed by atoms with Crippen molar-refractivity contribution in [2.45, 2.75) is 70.2 Å². The zero-order valence-electron chi connectivity index (χ0n) is 20.2. The van der Waals surface area contributed by atoms with Crippen molar-refractivity contribution in [3.05, 3.63) is 65.9 Å². The Balaban J connectivity index is 1.37. The standard InChI is InChI=1S/C29H36N2O3/c1-3-4-10-20(2)24(32)16-15-22-25(33)19-26-28(22)23-13-9-12-21(29(23)34-26)11-5-7-17-30-27-14-6-8-18-31-27/h6,8-9,12-16,18,20,22,24-26,28,32-33H,5,7,10-11,17,19H2,1-2H3,(H,30,31)/b16-15+/t20-,22+,24-,25-,26+,28+/m1/s1. The lowest BCUT2D eigenvalue weighted by atomic mass is 9.86. The lowest BCUT2D eigenvalue weighted by molar-refractivity contribution is 0.134. The summed E-state index contributed by atoms with van der Waals surface area (Å²) in [6.45, 7) is 4.70. The number of ether oxygens (including phenoxy) is 1. The van der Waals surface area contributed by atoms with Crippen LogP contribution in [-0.4, -0.2) is 40.1 Å². The van der Waals surface area contributed by atoms with Crippen LogP contribution in [0.15, 0.2) is 54.7 Å². The lowest BCUT2D eigenvalue weighted by Crippen LogP contribution is -2.19. The second-order valence-corrected chi connectivity index (χ2v) is 9.48. The number of aliphatic hydroxyl groups excluding tert-OH is 2. The summed E-state index contributed by atoms with van der Waals surface area (Å²) in [5.41, 5.74) is 2.44. The van der Waals surface area contributed by atoms with Crippen molar-refractivity contribution >= 4 is 5.82 Å². The minimum absolute atomic E-state index is 0.00727. The molecule has 0 amide bonds. The van der Waals surface area contributed by atoms with Crippen molar-refractivity contribution in [3.63, 3.8) is 0 Å². The summed E-state index contributed by atoms with van der Waals surface area (Å²) in [4.78, 5) is 4.30. The molecule has 5 heteroatoms. The molecule has 34 heavy (non-hydrogen) atoms. The van der Waals surface area contributed by atoms with Gasteiger partial charge in [0.1, 0.15) is 17.7 Å². The molecule has 3 N–H and O–H groups in total. The first-order valence-electron chi connectivity index (χ1n) is 12.5. The summed E-state index contributed by atoms with van der Waals surface area (Å²) < 4.78 is 6.40. The minimum Gasteiger partial charge on any atom is -0.489 e. The molecule has 180 valence electrons. The Morgan fingerprint density at radius 3 is 2.91 bits per heavy atom. The Morgan fingerprint density at radius 2 is 2.12 bits per heavy atom. The number of anilines is 1. The van der Waals surface area contributed by atoms with Crippen molar-refractivity contribution in [1.82, 2.24) is 4.98 Å². The molecule has 0 spiro atoms. The smallest absolute Gasteiger partial charge is 0.126 e. The third kappa shape index (κ3) is 5.63. The number of pyridine rings is 1. The van der Waals surface area contributed by atoms with Crippen molar-refractivity contribution in [2.24, 2.45) is 11.8 Å². The number of aliphatic hydroxyl groups is 2. The maximum Gasteiger partial charge on any atom is 0.126 e. The molecule has 0 unspecified atom stereocenters. The van der Waals surface area contributed by atoms with E-state index in [4.69, 9.17) is 4.74 Å². The number of nitrogens with zero attached hydrogens (tertiary/aromatic N) is 1. The van der Waals surface area contributed by atoms with E-state index in [1.165, 1.54) is 11.1 Å². The maximum atomic E-state index is 10.7. The fourth-order valence-corrected chi connectivity index (χ4v) is 5.10. The number of nitrogens with one attached hydrogen (secondary N) is 1. The van der Waals surface area contributed by atoms with Crippen LogP contribution in [-0.2, 0) is 6.42 Å². The lowest BCUT2D eigenvalue weighted by Gasteiger charge is -2.19. The average Bonchev–Trinajstić information content (AvgIpc) is 3.36. The van der Waals surface area contributed by atoms with Crippen molar-refractivity contribution in [1.29, 1.82) is 0 Å². The van der Waals surface area contributed by atoms with Gasteiger partial charge in [-0.15, -0.1) is 11.8 Å². The van der Waals surface area contributed by atoms with E-state index in [0.717, 1.165) is 37.4 Å². The highest BCUT2D eigenvalue weighted by molar-refractivity contribution is 5.49.